The van der Waals surface area contributed by atoms with Gasteiger partial charge in [0.25, 0.3) is 0 Å². The number of benzene rings is 1. The number of piperidine rings is 1. The van der Waals surface area contributed by atoms with Crippen LogP contribution in [0, 0.1) is 11.3 Å². The maximum atomic E-state index is 12.5. The Morgan fingerprint density at radius 2 is 2.08 bits per heavy atom. The second-order valence-corrected chi connectivity index (χ2v) is 6.05. The van der Waals surface area contributed by atoms with Crippen LogP contribution in [-0.4, -0.2) is 55.9 Å². The first-order valence-electron chi connectivity index (χ1n) is 8.43. The van der Waals surface area contributed by atoms with E-state index in [1.165, 1.54) is 14.2 Å². The lowest BCUT2D eigenvalue weighted by Gasteiger charge is -2.34. The highest BCUT2D eigenvalue weighted by atomic mass is 16.5. The van der Waals surface area contributed by atoms with Crippen LogP contribution in [0.5, 0.6) is 11.5 Å². The van der Waals surface area contributed by atoms with Crippen molar-refractivity contribution in [2.24, 2.45) is 0 Å². The minimum absolute atomic E-state index is 0.122. The number of anilines is 1. The average molecular weight is 347 g/mol. The number of nitriles is 1. The van der Waals surface area contributed by atoms with Crippen LogP contribution in [0.4, 0.5) is 5.69 Å². The van der Waals surface area contributed by atoms with Crippen molar-refractivity contribution >= 4 is 11.6 Å². The minimum Gasteiger partial charge on any atom is -0.493 e. The molecule has 136 valence electrons. The molecular weight excluding hydrogens is 322 g/mol. The number of aliphatic hydroxyl groups excluding tert-OH is 1. The van der Waals surface area contributed by atoms with Gasteiger partial charge in [0.05, 0.1) is 32.0 Å². The van der Waals surface area contributed by atoms with Crippen molar-refractivity contribution in [3.8, 4) is 17.6 Å². The molecule has 25 heavy (non-hydrogen) atoms. The fourth-order valence-electron chi connectivity index (χ4n) is 3.19. The van der Waals surface area contributed by atoms with Crippen molar-refractivity contribution < 1.29 is 19.4 Å². The zero-order valence-corrected chi connectivity index (χ0v) is 14.7. The lowest BCUT2D eigenvalue weighted by Crippen LogP contribution is -2.44. The molecule has 0 spiro atoms. The second kappa shape index (κ2) is 9.25. The highest BCUT2D eigenvalue weighted by molar-refractivity contribution is 5.94. The topological polar surface area (TPSA) is 94.8 Å². The lowest BCUT2D eigenvalue weighted by atomic mass is 9.99. The number of methoxy groups -OCH3 is 2. The Kier molecular flexibility index (Phi) is 7.04. The Labute approximate surface area is 148 Å². The van der Waals surface area contributed by atoms with E-state index in [4.69, 9.17) is 9.47 Å². The Hall–Kier alpha value is -2.30. The molecule has 0 saturated carbocycles. The molecule has 0 aliphatic carbocycles. The number of carbonyl (C=O) groups excluding carboxylic acids is 1. The average Bonchev–Trinajstić information content (AvgIpc) is 2.63. The van der Waals surface area contributed by atoms with Gasteiger partial charge >= 0.3 is 0 Å². The Balaban J connectivity index is 2.10. The molecule has 1 aliphatic rings. The van der Waals surface area contributed by atoms with Gasteiger partial charge in [0.15, 0.2) is 11.5 Å². The summed E-state index contributed by atoms with van der Waals surface area (Å²) in [6.45, 7) is 1.20. The van der Waals surface area contributed by atoms with Crippen molar-refractivity contribution in [1.29, 1.82) is 5.26 Å². The number of rotatable bonds is 7. The standard InChI is InChI=1S/C18H25N3O4/c1-24-16-9-13(11-19)15(10-17(16)25-2)20-18(23)12-21-7-4-3-5-14(21)6-8-22/h9-10,14,22H,3-8,12H2,1-2H3,(H,20,23). The molecule has 0 radical (unpaired) electrons. The Bertz CT molecular complexity index is 640. The first-order valence-corrected chi connectivity index (χ1v) is 8.43. The fraction of sp³-hybridized carbons (Fsp3) is 0.556. The molecule has 1 saturated heterocycles. The van der Waals surface area contributed by atoms with Crippen molar-refractivity contribution in [3.63, 3.8) is 0 Å². The van der Waals surface area contributed by atoms with E-state index in [0.29, 0.717) is 29.2 Å². The molecule has 1 heterocycles. The maximum absolute atomic E-state index is 12.5. The van der Waals surface area contributed by atoms with Gasteiger partial charge in [-0.25, -0.2) is 0 Å². The first kappa shape index (κ1) is 19.0. The van der Waals surface area contributed by atoms with Crippen LogP contribution in [0.1, 0.15) is 31.2 Å². The molecule has 0 bridgehead atoms. The van der Waals surface area contributed by atoms with Crippen LogP contribution in [0.15, 0.2) is 12.1 Å². The van der Waals surface area contributed by atoms with Crippen LogP contribution in [0.3, 0.4) is 0 Å². The van der Waals surface area contributed by atoms with Gasteiger partial charge in [0, 0.05) is 24.8 Å². The van der Waals surface area contributed by atoms with Gasteiger partial charge in [-0.2, -0.15) is 5.26 Å². The number of nitrogens with one attached hydrogen (secondary N) is 1. The van der Waals surface area contributed by atoms with Gasteiger partial charge in [-0.3, -0.25) is 9.69 Å². The summed E-state index contributed by atoms with van der Waals surface area (Å²) in [4.78, 5) is 14.6. The zero-order valence-electron chi connectivity index (χ0n) is 14.7. The van der Waals surface area contributed by atoms with Gasteiger partial charge in [-0.1, -0.05) is 6.42 Å². The van der Waals surface area contributed by atoms with Crippen molar-refractivity contribution in [2.45, 2.75) is 31.7 Å². The van der Waals surface area contributed by atoms with Crippen molar-refractivity contribution in [3.05, 3.63) is 17.7 Å². The molecule has 1 fully saturated rings. The quantitative estimate of drug-likeness (QED) is 0.780. The number of ether oxygens (including phenoxy) is 2. The molecule has 1 aromatic carbocycles. The van der Waals surface area contributed by atoms with Gasteiger partial charge < -0.3 is 19.9 Å². The summed E-state index contributed by atoms with van der Waals surface area (Å²) < 4.78 is 10.4. The summed E-state index contributed by atoms with van der Waals surface area (Å²) >= 11 is 0. The Morgan fingerprint density at radius 3 is 2.72 bits per heavy atom. The summed E-state index contributed by atoms with van der Waals surface area (Å²) in [5.41, 5.74) is 0.720. The summed E-state index contributed by atoms with van der Waals surface area (Å²) in [5.74, 6) is 0.706. The van der Waals surface area contributed by atoms with E-state index in [0.717, 1.165) is 25.8 Å². The highest BCUT2D eigenvalue weighted by Crippen LogP contribution is 2.33. The van der Waals surface area contributed by atoms with Crippen LogP contribution < -0.4 is 14.8 Å². The summed E-state index contributed by atoms with van der Waals surface area (Å²) in [7, 11) is 3.00. The largest absolute Gasteiger partial charge is 0.493 e. The molecule has 1 atom stereocenters. The molecule has 7 nitrogen and oxygen atoms in total. The molecule has 1 unspecified atom stereocenters. The SMILES string of the molecule is COc1cc(C#N)c(NC(=O)CN2CCCCC2CCO)cc1OC. The number of amides is 1. The van der Waals surface area contributed by atoms with E-state index in [1.807, 2.05) is 0 Å². The first-order chi connectivity index (χ1) is 12.1. The molecular formula is C18H25N3O4. The fourth-order valence-corrected chi connectivity index (χ4v) is 3.19. The maximum Gasteiger partial charge on any atom is 0.238 e. The summed E-state index contributed by atoms with van der Waals surface area (Å²) in [6, 6.07) is 5.43. The van der Waals surface area contributed by atoms with Crippen LogP contribution in [-0.2, 0) is 4.79 Å². The predicted molar refractivity (Wildman–Crippen MR) is 93.8 cm³/mol. The van der Waals surface area contributed by atoms with E-state index >= 15 is 0 Å². The van der Waals surface area contributed by atoms with E-state index in [2.05, 4.69) is 16.3 Å². The Morgan fingerprint density at radius 1 is 1.36 bits per heavy atom. The number of carbonyl (C=O) groups is 1. The molecule has 1 amide bonds. The second-order valence-electron chi connectivity index (χ2n) is 6.05. The number of hydrogen-bond acceptors (Lipinski definition) is 6. The molecule has 2 rings (SSSR count). The van der Waals surface area contributed by atoms with Crippen molar-refractivity contribution in [2.75, 3.05) is 39.2 Å². The van der Waals surface area contributed by atoms with Crippen LogP contribution in [0.2, 0.25) is 0 Å². The highest BCUT2D eigenvalue weighted by Gasteiger charge is 2.24. The van der Waals surface area contributed by atoms with E-state index in [1.54, 1.807) is 12.1 Å². The smallest absolute Gasteiger partial charge is 0.238 e. The lowest BCUT2D eigenvalue weighted by molar-refractivity contribution is -0.118. The molecule has 0 aromatic heterocycles. The van der Waals surface area contributed by atoms with Gasteiger partial charge in [0.1, 0.15) is 6.07 Å². The van der Waals surface area contributed by atoms with E-state index in [9.17, 15) is 15.2 Å². The normalized spacial score (nSPS) is 17.6. The number of nitrogens with zero attached hydrogens (tertiary/aromatic N) is 2. The number of hydrogen-bond donors (Lipinski definition) is 2. The molecule has 1 aliphatic heterocycles. The summed E-state index contributed by atoms with van der Waals surface area (Å²) in [5, 5.41) is 21.3. The number of likely N-dealkylation sites (tertiary alicyclic amines) is 1. The van der Waals surface area contributed by atoms with Crippen LogP contribution in [0.25, 0.3) is 0 Å². The molecule has 2 N–H and O–H groups in total. The third-order valence-electron chi connectivity index (χ3n) is 4.48. The van der Waals surface area contributed by atoms with Crippen LogP contribution >= 0.6 is 0 Å². The number of aliphatic hydroxyl groups is 1. The van der Waals surface area contributed by atoms with Crippen molar-refractivity contribution in [1.82, 2.24) is 4.90 Å². The predicted octanol–water partition coefficient (Wildman–Crippen LogP) is 1.75. The van der Waals surface area contributed by atoms with Gasteiger partial charge in [0.2, 0.25) is 5.91 Å². The third-order valence-corrected chi connectivity index (χ3v) is 4.48. The third kappa shape index (κ3) is 4.84. The van der Waals surface area contributed by atoms with Gasteiger partial charge in [-0.05, 0) is 25.8 Å². The van der Waals surface area contributed by atoms with E-state index < -0.39 is 0 Å². The molecule has 1 aromatic rings. The monoisotopic (exact) mass is 347 g/mol. The zero-order chi connectivity index (χ0) is 18.2. The minimum atomic E-state index is -0.187. The summed E-state index contributed by atoms with van der Waals surface area (Å²) in [6.07, 6.45) is 3.84. The van der Waals surface area contributed by atoms with E-state index in [-0.39, 0.29) is 25.1 Å². The van der Waals surface area contributed by atoms with Gasteiger partial charge in [-0.15, -0.1) is 0 Å². The molecule has 7 heteroatoms.